The molecule has 0 saturated carbocycles. The molecule has 0 spiro atoms. The van der Waals surface area contributed by atoms with Gasteiger partial charge in [0.2, 0.25) is 0 Å². The predicted molar refractivity (Wildman–Crippen MR) is 85.8 cm³/mol. The summed E-state index contributed by atoms with van der Waals surface area (Å²) < 4.78 is 12.1. The van der Waals surface area contributed by atoms with Gasteiger partial charge in [-0.05, 0) is 41.9 Å². The number of fused-ring (bicyclic) bond motifs is 1. The van der Waals surface area contributed by atoms with Gasteiger partial charge in [0.25, 0.3) is 0 Å². The van der Waals surface area contributed by atoms with Crippen LogP contribution in [-0.2, 0) is 4.74 Å². The number of thiazole rings is 1. The van der Waals surface area contributed by atoms with E-state index in [0.29, 0.717) is 11.3 Å². The number of carbonyl (C=O) groups excluding carboxylic acids is 1. The molecule has 20 heavy (non-hydrogen) atoms. The van der Waals surface area contributed by atoms with Gasteiger partial charge < -0.3 is 9.47 Å². The molecule has 1 heterocycles. The van der Waals surface area contributed by atoms with Crippen LogP contribution in [0.4, 0.5) is 0 Å². The molecule has 0 aliphatic heterocycles. The number of benzene rings is 1. The van der Waals surface area contributed by atoms with E-state index < -0.39 is 0 Å². The second-order valence-electron chi connectivity index (χ2n) is 3.95. The lowest BCUT2D eigenvalue weighted by Gasteiger charge is -2.11. The van der Waals surface area contributed by atoms with Crippen LogP contribution in [0, 0.1) is 0 Å². The largest absolute Gasteiger partial charge is 0.489 e. The number of halogens is 1. The molecule has 0 radical (unpaired) electrons. The van der Waals surface area contributed by atoms with Gasteiger partial charge >= 0.3 is 5.97 Å². The van der Waals surface area contributed by atoms with Crippen molar-refractivity contribution in [2.45, 2.75) is 33.8 Å². The second kappa shape index (κ2) is 7.59. The highest BCUT2D eigenvalue weighted by atomic mass is 79.9. The maximum atomic E-state index is 11.6. The quantitative estimate of drug-likeness (QED) is 0.747. The fourth-order valence-electron chi connectivity index (χ4n) is 1.55. The van der Waals surface area contributed by atoms with Gasteiger partial charge in [-0.2, -0.15) is 0 Å². The van der Waals surface area contributed by atoms with Crippen LogP contribution in [0.5, 0.6) is 5.75 Å². The summed E-state index contributed by atoms with van der Waals surface area (Å²) in [4.78, 5) is 15.9. The Hall–Kier alpha value is -1.14. The summed E-state index contributed by atoms with van der Waals surface area (Å²) in [5, 5.41) is 0. The summed E-state index contributed by atoms with van der Waals surface area (Å²) in [7, 11) is 1.36. The highest BCUT2D eigenvalue weighted by molar-refractivity contribution is 9.11. The maximum Gasteiger partial charge on any atom is 0.338 e. The molecule has 0 amide bonds. The maximum absolute atomic E-state index is 11.6. The van der Waals surface area contributed by atoms with Crippen molar-refractivity contribution in [1.82, 2.24) is 4.98 Å². The van der Waals surface area contributed by atoms with Crippen LogP contribution in [-0.4, -0.2) is 24.2 Å². The molecule has 0 N–H and O–H groups in total. The zero-order chi connectivity index (χ0) is 15.3. The molecule has 4 nitrogen and oxygen atoms in total. The van der Waals surface area contributed by atoms with E-state index in [1.807, 2.05) is 27.7 Å². The topological polar surface area (TPSA) is 48.4 Å². The SMILES string of the molecule is CC.COC(=O)c1cc(OC(C)C)c2nc(Br)sc2c1. The van der Waals surface area contributed by atoms with Gasteiger partial charge in [-0.15, -0.1) is 11.3 Å². The van der Waals surface area contributed by atoms with Crippen molar-refractivity contribution in [1.29, 1.82) is 0 Å². The Morgan fingerprint density at radius 3 is 2.55 bits per heavy atom. The van der Waals surface area contributed by atoms with Crippen LogP contribution in [0.25, 0.3) is 10.2 Å². The van der Waals surface area contributed by atoms with Crippen molar-refractivity contribution in [2.24, 2.45) is 0 Å². The van der Waals surface area contributed by atoms with E-state index in [0.717, 1.165) is 14.1 Å². The molecule has 1 aromatic heterocycles. The molecule has 2 rings (SSSR count). The number of nitrogens with zero attached hydrogens (tertiary/aromatic N) is 1. The molecule has 0 bridgehead atoms. The van der Waals surface area contributed by atoms with Gasteiger partial charge in [-0.25, -0.2) is 9.78 Å². The molecule has 110 valence electrons. The van der Waals surface area contributed by atoms with Crippen molar-refractivity contribution >= 4 is 43.5 Å². The first-order valence-corrected chi connectivity index (χ1v) is 7.97. The molecule has 0 aliphatic rings. The van der Waals surface area contributed by atoms with Crippen molar-refractivity contribution in [2.75, 3.05) is 7.11 Å². The summed E-state index contributed by atoms with van der Waals surface area (Å²) in [5.41, 5.74) is 1.23. The number of aromatic nitrogens is 1. The Kier molecular flexibility index (Phi) is 6.42. The second-order valence-corrected chi connectivity index (χ2v) is 6.25. The zero-order valence-electron chi connectivity index (χ0n) is 12.2. The Bertz CT molecular complexity index is 595. The number of hydrogen-bond acceptors (Lipinski definition) is 5. The molecule has 1 aromatic carbocycles. The standard InChI is InChI=1S/C12H12BrNO3S.C2H6/c1-6(2)17-8-4-7(11(15)16-3)5-9-10(8)14-12(13)18-9;1-2/h4-6H,1-3H3;1-2H3. The van der Waals surface area contributed by atoms with E-state index in [2.05, 4.69) is 20.9 Å². The first-order valence-electron chi connectivity index (χ1n) is 6.36. The molecule has 0 fully saturated rings. The lowest BCUT2D eigenvalue weighted by molar-refractivity contribution is 0.0600. The number of carbonyl (C=O) groups is 1. The summed E-state index contributed by atoms with van der Waals surface area (Å²) >= 11 is 4.79. The Balaban J connectivity index is 0.000000956. The van der Waals surface area contributed by atoms with E-state index in [4.69, 9.17) is 9.47 Å². The number of hydrogen-bond donors (Lipinski definition) is 0. The molecule has 2 aromatic rings. The van der Waals surface area contributed by atoms with Crippen LogP contribution < -0.4 is 4.74 Å². The molecule has 6 heteroatoms. The van der Waals surface area contributed by atoms with Crippen molar-refractivity contribution in [3.63, 3.8) is 0 Å². The lowest BCUT2D eigenvalue weighted by atomic mass is 10.2. The van der Waals surface area contributed by atoms with Crippen LogP contribution in [0.15, 0.2) is 16.0 Å². The minimum Gasteiger partial charge on any atom is -0.489 e. The summed E-state index contributed by atoms with van der Waals surface area (Å²) in [6.07, 6.45) is 0.0153. The van der Waals surface area contributed by atoms with E-state index >= 15 is 0 Å². The minimum absolute atomic E-state index is 0.0153. The predicted octanol–water partition coefficient (Wildman–Crippen LogP) is 4.66. The van der Waals surface area contributed by atoms with E-state index in [1.54, 1.807) is 12.1 Å². The molecular weight excluding hydrogens is 342 g/mol. The molecule has 0 saturated heterocycles. The van der Waals surface area contributed by atoms with Crippen molar-refractivity contribution in [3.05, 3.63) is 21.6 Å². The molecule has 0 atom stereocenters. The number of methoxy groups -OCH3 is 1. The Morgan fingerprint density at radius 2 is 2.00 bits per heavy atom. The van der Waals surface area contributed by atoms with Gasteiger partial charge in [0.05, 0.1) is 23.5 Å². The first kappa shape index (κ1) is 16.9. The van der Waals surface area contributed by atoms with Gasteiger partial charge in [0.15, 0.2) is 3.92 Å². The summed E-state index contributed by atoms with van der Waals surface area (Å²) in [5.74, 6) is 0.222. The molecular formula is C14H18BrNO3S. The Labute approximate surface area is 131 Å². The minimum atomic E-state index is -0.380. The Morgan fingerprint density at radius 1 is 1.35 bits per heavy atom. The zero-order valence-corrected chi connectivity index (χ0v) is 14.6. The van der Waals surface area contributed by atoms with Crippen LogP contribution in [0.2, 0.25) is 0 Å². The monoisotopic (exact) mass is 359 g/mol. The fourth-order valence-corrected chi connectivity index (χ4v) is 3.00. The fraction of sp³-hybridized carbons (Fsp3) is 0.429. The average Bonchev–Trinajstić information content (AvgIpc) is 2.80. The highest BCUT2D eigenvalue weighted by Crippen LogP contribution is 2.34. The third-order valence-corrected chi connectivity index (χ3v) is 3.67. The van der Waals surface area contributed by atoms with Gasteiger partial charge in [0.1, 0.15) is 11.3 Å². The average molecular weight is 360 g/mol. The summed E-state index contributed by atoms with van der Waals surface area (Å²) in [6, 6.07) is 3.43. The third kappa shape index (κ3) is 3.93. The highest BCUT2D eigenvalue weighted by Gasteiger charge is 2.15. The summed E-state index contributed by atoms with van der Waals surface area (Å²) in [6.45, 7) is 7.86. The lowest BCUT2D eigenvalue weighted by Crippen LogP contribution is -2.08. The smallest absolute Gasteiger partial charge is 0.338 e. The number of rotatable bonds is 3. The van der Waals surface area contributed by atoms with Gasteiger partial charge in [0, 0.05) is 0 Å². The van der Waals surface area contributed by atoms with E-state index in [9.17, 15) is 4.79 Å². The number of esters is 1. The first-order chi connectivity index (χ1) is 9.51. The van der Waals surface area contributed by atoms with Gasteiger partial charge in [-0.1, -0.05) is 13.8 Å². The van der Waals surface area contributed by atoms with E-state index in [1.165, 1.54) is 18.4 Å². The van der Waals surface area contributed by atoms with Crippen LogP contribution in [0.1, 0.15) is 38.1 Å². The van der Waals surface area contributed by atoms with E-state index in [-0.39, 0.29) is 12.1 Å². The normalized spacial score (nSPS) is 10.2. The van der Waals surface area contributed by atoms with Crippen LogP contribution in [0.3, 0.4) is 0 Å². The molecule has 0 unspecified atom stereocenters. The van der Waals surface area contributed by atoms with Crippen LogP contribution >= 0.6 is 27.3 Å². The molecule has 0 aliphatic carbocycles. The third-order valence-electron chi connectivity index (χ3n) is 2.22. The van der Waals surface area contributed by atoms with Crippen molar-refractivity contribution in [3.8, 4) is 5.75 Å². The number of ether oxygens (including phenoxy) is 2. The van der Waals surface area contributed by atoms with Gasteiger partial charge in [-0.3, -0.25) is 0 Å². The van der Waals surface area contributed by atoms with Crippen molar-refractivity contribution < 1.29 is 14.3 Å².